The minimum absolute atomic E-state index is 0.306. The highest BCUT2D eigenvalue weighted by molar-refractivity contribution is 7.90. The molecule has 2 rings (SSSR count). The van der Waals surface area contributed by atoms with Crippen molar-refractivity contribution in [3.63, 3.8) is 0 Å². The number of benzene rings is 2. The topological polar surface area (TPSA) is 46.2 Å². The van der Waals surface area contributed by atoms with Gasteiger partial charge in [-0.1, -0.05) is 42.5 Å². The Hall–Kier alpha value is -1.10. The number of sulfonamides is 1. The molecule has 1 unspecified atom stereocenters. The van der Waals surface area contributed by atoms with E-state index < -0.39 is 15.2 Å². The van der Waals surface area contributed by atoms with Crippen LogP contribution in [0.5, 0.6) is 0 Å². The van der Waals surface area contributed by atoms with Crippen LogP contribution in [0.3, 0.4) is 0 Å². The number of hydrogen-bond acceptors (Lipinski definition) is 2. The number of alkyl halides is 1. The van der Waals surface area contributed by atoms with Crippen molar-refractivity contribution < 1.29 is 8.42 Å². The van der Waals surface area contributed by atoms with E-state index in [1.54, 1.807) is 0 Å². The predicted molar refractivity (Wildman–Crippen MR) is 75.1 cm³/mol. The third kappa shape index (κ3) is 2.83. The average molecular weight is 284 g/mol. The summed E-state index contributed by atoms with van der Waals surface area (Å²) < 4.78 is 25.5. The number of rotatable bonds is 4. The van der Waals surface area contributed by atoms with Gasteiger partial charge in [0.2, 0.25) is 10.0 Å². The summed E-state index contributed by atoms with van der Waals surface area (Å²) >= 11 is 5.39. The molecule has 0 aromatic heterocycles. The second-order valence-corrected chi connectivity index (χ2v) is 6.47. The van der Waals surface area contributed by atoms with E-state index >= 15 is 0 Å². The number of fused-ring (bicyclic) bond motifs is 1. The zero-order chi connectivity index (χ0) is 13.2. The van der Waals surface area contributed by atoms with Crippen LogP contribution in [-0.4, -0.2) is 13.6 Å². The Labute approximate surface area is 112 Å². The Morgan fingerprint density at radius 2 is 1.83 bits per heavy atom. The summed E-state index contributed by atoms with van der Waals surface area (Å²) in [5.41, 5.74) is 0.946. The lowest BCUT2D eigenvalue weighted by atomic mass is 10.0. The number of halogens is 1. The molecule has 0 saturated carbocycles. The molecular weight excluding hydrogens is 270 g/mol. The molecule has 2 aromatic rings. The van der Waals surface area contributed by atoms with Gasteiger partial charge in [0.25, 0.3) is 0 Å². The van der Waals surface area contributed by atoms with Crippen molar-refractivity contribution in [3.05, 3.63) is 48.0 Å². The monoisotopic (exact) mass is 283 g/mol. The SMILES string of the molecule is CC(NS(=O)(=O)CCl)c1cccc2ccccc12. The van der Waals surface area contributed by atoms with Crippen LogP contribution < -0.4 is 4.72 Å². The van der Waals surface area contributed by atoms with Gasteiger partial charge in [-0.3, -0.25) is 0 Å². The van der Waals surface area contributed by atoms with Crippen LogP contribution in [0.25, 0.3) is 10.8 Å². The molecule has 0 fully saturated rings. The van der Waals surface area contributed by atoms with Gasteiger partial charge in [-0.15, -0.1) is 11.6 Å². The summed E-state index contributed by atoms with van der Waals surface area (Å²) in [6.07, 6.45) is 0. The fourth-order valence-electron chi connectivity index (χ4n) is 1.99. The van der Waals surface area contributed by atoms with Crippen molar-refractivity contribution in [1.82, 2.24) is 4.72 Å². The largest absolute Gasteiger partial charge is 0.226 e. The lowest BCUT2D eigenvalue weighted by molar-refractivity contribution is 0.572. The van der Waals surface area contributed by atoms with E-state index in [1.165, 1.54) is 0 Å². The van der Waals surface area contributed by atoms with E-state index in [0.717, 1.165) is 16.3 Å². The molecular formula is C13H14ClNO2S. The molecule has 0 heterocycles. The molecule has 18 heavy (non-hydrogen) atoms. The van der Waals surface area contributed by atoms with Crippen molar-refractivity contribution in [2.75, 3.05) is 5.21 Å². The number of nitrogens with one attached hydrogen (secondary N) is 1. The van der Waals surface area contributed by atoms with Crippen LogP contribution >= 0.6 is 11.6 Å². The van der Waals surface area contributed by atoms with Crippen molar-refractivity contribution in [1.29, 1.82) is 0 Å². The normalized spacial score (nSPS) is 13.7. The minimum atomic E-state index is -3.42. The molecule has 0 bridgehead atoms. The molecule has 0 amide bonds. The Morgan fingerprint density at radius 1 is 1.17 bits per heavy atom. The van der Waals surface area contributed by atoms with Crippen molar-refractivity contribution in [2.45, 2.75) is 13.0 Å². The maximum Gasteiger partial charge on any atom is 0.226 e. The summed E-state index contributed by atoms with van der Waals surface area (Å²) in [7, 11) is -3.42. The zero-order valence-corrected chi connectivity index (χ0v) is 11.5. The first-order chi connectivity index (χ1) is 8.53. The second-order valence-electron chi connectivity index (χ2n) is 4.13. The van der Waals surface area contributed by atoms with E-state index in [2.05, 4.69) is 4.72 Å². The summed E-state index contributed by atoms with van der Waals surface area (Å²) in [6.45, 7) is 1.81. The summed E-state index contributed by atoms with van der Waals surface area (Å²) in [4.78, 5) is 0. The molecule has 0 saturated heterocycles. The molecule has 3 nitrogen and oxygen atoms in total. The summed E-state index contributed by atoms with van der Waals surface area (Å²) in [6, 6.07) is 13.4. The van der Waals surface area contributed by atoms with E-state index in [9.17, 15) is 8.42 Å². The van der Waals surface area contributed by atoms with Crippen LogP contribution in [0.15, 0.2) is 42.5 Å². The van der Waals surface area contributed by atoms with E-state index in [-0.39, 0.29) is 6.04 Å². The van der Waals surface area contributed by atoms with Crippen LogP contribution in [0.2, 0.25) is 0 Å². The fraction of sp³-hybridized carbons (Fsp3) is 0.231. The van der Waals surface area contributed by atoms with Gasteiger partial charge in [-0.25, -0.2) is 13.1 Å². The van der Waals surface area contributed by atoms with Crippen LogP contribution in [0.4, 0.5) is 0 Å². The Morgan fingerprint density at radius 3 is 2.56 bits per heavy atom. The molecule has 1 N–H and O–H groups in total. The van der Waals surface area contributed by atoms with E-state index in [1.807, 2.05) is 49.4 Å². The van der Waals surface area contributed by atoms with Gasteiger partial charge >= 0.3 is 0 Å². The highest BCUT2D eigenvalue weighted by atomic mass is 35.5. The van der Waals surface area contributed by atoms with Gasteiger partial charge < -0.3 is 0 Å². The van der Waals surface area contributed by atoms with Gasteiger partial charge in [-0.05, 0) is 23.3 Å². The first-order valence-electron chi connectivity index (χ1n) is 5.57. The van der Waals surface area contributed by atoms with Crippen LogP contribution in [-0.2, 0) is 10.0 Å². The van der Waals surface area contributed by atoms with Crippen molar-refractivity contribution >= 4 is 32.4 Å². The van der Waals surface area contributed by atoms with Gasteiger partial charge in [0, 0.05) is 6.04 Å². The molecule has 96 valence electrons. The number of hydrogen-bond donors (Lipinski definition) is 1. The van der Waals surface area contributed by atoms with Crippen LogP contribution in [0, 0.1) is 0 Å². The van der Waals surface area contributed by atoms with E-state index in [0.29, 0.717) is 0 Å². The Bertz CT molecular complexity index is 650. The minimum Gasteiger partial charge on any atom is -0.211 e. The molecule has 5 heteroatoms. The molecule has 0 aliphatic rings. The first kappa shape index (κ1) is 13.3. The second kappa shape index (κ2) is 5.26. The van der Waals surface area contributed by atoms with Crippen LogP contribution in [0.1, 0.15) is 18.5 Å². The Balaban J connectivity index is 2.42. The zero-order valence-electron chi connectivity index (χ0n) is 9.93. The lowest BCUT2D eigenvalue weighted by Crippen LogP contribution is -2.27. The summed E-state index contributed by atoms with van der Waals surface area (Å²) in [5.74, 6) is 0. The molecule has 1 atom stereocenters. The smallest absolute Gasteiger partial charge is 0.211 e. The third-order valence-corrected chi connectivity index (χ3v) is 4.65. The van der Waals surface area contributed by atoms with Gasteiger partial charge in [0.15, 0.2) is 0 Å². The van der Waals surface area contributed by atoms with Gasteiger partial charge in [0.05, 0.1) is 0 Å². The molecule has 0 spiro atoms. The summed E-state index contributed by atoms with van der Waals surface area (Å²) in [5, 5.41) is 1.71. The van der Waals surface area contributed by atoms with Gasteiger partial charge in [0.1, 0.15) is 5.21 Å². The van der Waals surface area contributed by atoms with Crippen molar-refractivity contribution in [3.8, 4) is 0 Å². The molecule has 0 aliphatic heterocycles. The first-order valence-corrected chi connectivity index (χ1v) is 7.76. The van der Waals surface area contributed by atoms with Gasteiger partial charge in [-0.2, -0.15) is 0 Å². The van der Waals surface area contributed by atoms with E-state index in [4.69, 9.17) is 11.6 Å². The van der Waals surface area contributed by atoms with Crippen molar-refractivity contribution in [2.24, 2.45) is 0 Å². The highest BCUT2D eigenvalue weighted by Gasteiger charge is 2.15. The molecule has 0 radical (unpaired) electrons. The lowest BCUT2D eigenvalue weighted by Gasteiger charge is -2.15. The molecule has 2 aromatic carbocycles. The maximum atomic E-state index is 11.5. The maximum absolute atomic E-state index is 11.5. The average Bonchev–Trinajstić information content (AvgIpc) is 2.37. The predicted octanol–water partition coefficient (Wildman–Crippen LogP) is 3.02. The fourth-order valence-corrected chi connectivity index (χ4v) is 2.91. The highest BCUT2D eigenvalue weighted by Crippen LogP contribution is 2.24. The quantitative estimate of drug-likeness (QED) is 0.877. The standard InChI is InChI=1S/C13H14ClNO2S/c1-10(15-18(16,17)9-14)12-8-4-6-11-5-2-3-7-13(11)12/h2-8,10,15H,9H2,1H3. The Kier molecular flexibility index (Phi) is 3.90. The molecule has 0 aliphatic carbocycles. The third-order valence-electron chi connectivity index (χ3n) is 2.79.